The van der Waals surface area contributed by atoms with E-state index in [1.165, 1.54) is 4.90 Å². The van der Waals surface area contributed by atoms with Crippen LogP contribution in [0.25, 0.3) is 0 Å². The van der Waals surface area contributed by atoms with Gasteiger partial charge in [0.25, 0.3) is 0 Å². The van der Waals surface area contributed by atoms with Gasteiger partial charge in [-0.15, -0.1) is 0 Å². The van der Waals surface area contributed by atoms with Crippen molar-refractivity contribution in [3.8, 4) is 6.07 Å². The van der Waals surface area contributed by atoms with Gasteiger partial charge in [-0.2, -0.15) is 10.4 Å². The second-order valence-electron chi connectivity index (χ2n) is 4.12. The molecule has 1 aliphatic rings. The maximum Gasteiger partial charge on any atom is 0.321 e. The van der Waals surface area contributed by atoms with Gasteiger partial charge in [-0.25, -0.2) is 4.79 Å². The van der Waals surface area contributed by atoms with Gasteiger partial charge in [0.2, 0.25) is 5.71 Å². The van der Waals surface area contributed by atoms with E-state index in [1.54, 1.807) is 25.2 Å². The predicted octanol–water partition coefficient (Wildman–Crippen LogP) is 0.573. The first kappa shape index (κ1) is 13.4. The highest BCUT2D eigenvalue weighted by Gasteiger charge is 2.22. The lowest BCUT2D eigenvalue weighted by Gasteiger charge is -2.27. The summed E-state index contributed by atoms with van der Waals surface area (Å²) in [6.07, 6.45) is 0. The van der Waals surface area contributed by atoms with Crippen molar-refractivity contribution in [1.82, 2.24) is 5.32 Å². The molecule has 0 saturated heterocycles. The molecule has 8 nitrogen and oxygen atoms in total. The number of amidine groups is 1. The molecular formula is C12H13N7O. The van der Waals surface area contributed by atoms with Gasteiger partial charge in [-0.05, 0) is 12.1 Å². The number of hydrazone groups is 1. The van der Waals surface area contributed by atoms with Crippen molar-refractivity contribution in [1.29, 1.82) is 10.7 Å². The number of nitrogens with one attached hydrogen (secondary N) is 3. The van der Waals surface area contributed by atoms with E-state index in [9.17, 15) is 4.79 Å². The molecule has 0 bridgehead atoms. The highest BCUT2D eigenvalue weighted by Crippen LogP contribution is 2.29. The monoisotopic (exact) mass is 271 g/mol. The zero-order valence-electron chi connectivity index (χ0n) is 10.8. The van der Waals surface area contributed by atoms with Crippen LogP contribution < -0.4 is 21.4 Å². The van der Waals surface area contributed by atoms with Gasteiger partial charge in [0.15, 0.2) is 5.84 Å². The quantitative estimate of drug-likeness (QED) is 0.363. The molecule has 0 unspecified atom stereocenters. The van der Waals surface area contributed by atoms with Gasteiger partial charge in [0, 0.05) is 19.2 Å². The van der Waals surface area contributed by atoms with Crippen LogP contribution >= 0.6 is 0 Å². The summed E-state index contributed by atoms with van der Waals surface area (Å²) in [5.74, 6) is -0.407. The van der Waals surface area contributed by atoms with Crippen molar-refractivity contribution in [2.45, 2.75) is 6.54 Å². The lowest BCUT2D eigenvalue weighted by molar-refractivity contribution is 0.246. The summed E-state index contributed by atoms with van der Waals surface area (Å²) >= 11 is 0. The Morgan fingerprint density at radius 1 is 1.65 bits per heavy atom. The van der Waals surface area contributed by atoms with Crippen molar-refractivity contribution >= 4 is 29.0 Å². The molecule has 2 rings (SSSR count). The van der Waals surface area contributed by atoms with Crippen LogP contribution in [0.4, 0.5) is 16.2 Å². The van der Waals surface area contributed by atoms with Crippen LogP contribution in [-0.4, -0.2) is 24.6 Å². The summed E-state index contributed by atoms with van der Waals surface area (Å²) in [7, 11) is 1.66. The Morgan fingerprint density at radius 2 is 2.40 bits per heavy atom. The molecule has 0 radical (unpaired) electrons. The molecule has 0 aliphatic carbocycles. The maximum absolute atomic E-state index is 11.5. The number of hydrogen-bond acceptors (Lipinski definition) is 5. The minimum Gasteiger partial charge on any atom is -0.382 e. The topological polar surface area (TPSA) is 130 Å². The molecular weight excluding hydrogens is 258 g/mol. The lowest BCUT2D eigenvalue weighted by Crippen LogP contribution is -2.41. The summed E-state index contributed by atoms with van der Waals surface area (Å²) < 4.78 is 0. The van der Waals surface area contributed by atoms with E-state index in [1.807, 2.05) is 6.07 Å². The summed E-state index contributed by atoms with van der Waals surface area (Å²) in [5.41, 5.74) is 9.97. The Kier molecular flexibility index (Phi) is 3.52. The number of amides is 2. The first-order valence-corrected chi connectivity index (χ1v) is 5.76. The number of urea groups is 1. The van der Waals surface area contributed by atoms with Crippen LogP contribution in [0.15, 0.2) is 23.3 Å². The largest absolute Gasteiger partial charge is 0.382 e. The molecule has 1 aliphatic heterocycles. The van der Waals surface area contributed by atoms with E-state index in [2.05, 4.69) is 15.8 Å². The van der Waals surface area contributed by atoms with E-state index in [4.69, 9.17) is 16.4 Å². The number of rotatable bonds is 3. The van der Waals surface area contributed by atoms with Gasteiger partial charge in [0.1, 0.15) is 6.07 Å². The molecule has 20 heavy (non-hydrogen) atoms. The normalized spacial score (nSPS) is 14.1. The fourth-order valence-corrected chi connectivity index (χ4v) is 1.83. The zero-order valence-corrected chi connectivity index (χ0v) is 10.8. The predicted molar refractivity (Wildman–Crippen MR) is 75.7 cm³/mol. The Bertz CT molecular complexity index is 644. The minimum absolute atomic E-state index is 0.181. The Balaban J connectivity index is 2.34. The maximum atomic E-state index is 11.5. The second-order valence-corrected chi connectivity index (χ2v) is 4.12. The molecule has 0 atom stereocenters. The number of benzene rings is 1. The molecule has 0 saturated carbocycles. The third kappa shape index (κ3) is 2.37. The Morgan fingerprint density at radius 3 is 3.05 bits per heavy atom. The molecule has 0 spiro atoms. The van der Waals surface area contributed by atoms with Gasteiger partial charge in [0.05, 0.1) is 11.4 Å². The van der Waals surface area contributed by atoms with Crippen LogP contribution in [-0.2, 0) is 6.54 Å². The average molecular weight is 271 g/mol. The fraction of sp³-hybridized carbons (Fsp3) is 0.167. The SMILES string of the molecule is CN1C(=O)NCc2c(N/N=C(\C#N)C(=N)N)cccc21. The van der Waals surface area contributed by atoms with E-state index < -0.39 is 5.84 Å². The minimum atomic E-state index is -0.407. The average Bonchev–Trinajstić information content (AvgIpc) is 2.43. The first-order valence-electron chi connectivity index (χ1n) is 5.76. The molecule has 8 heteroatoms. The van der Waals surface area contributed by atoms with E-state index in [-0.39, 0.29) is 11.7 Å². The highest BCUT2D eigenvalue weighted by molar-refractivity contribution is 6.45. The van der Waals surface area contributed by atoms with E-state index >= 15 is 0 Å². The Hall–Kier alpha value is -3.08. The zero-order chi connectivity index (χ0) is 14.7. The van der Waals surface area contributed by atoms with E-state index in [0.29, 0.717) is 12.2 Å². The number of anilines is 2. The van der Waals surface area contributed by atoms with E-state index in [0.717, 1.165) is 11.3 Å². The number of nitrogens with zero attached hydrogens (tertiary/aromatic N) is 3. The summed E-state index contributed by atoms with van der Waals surface area (Å²) in [6.45, 7) is 0.360. The molecule has 0 aromatic heterocycles. The summed E-state index contributed by atoms with van der Waals surface area (Å²) in [6, 6.07) is 6.90. The highest BCUT2D eigenvalue weighted by atomic mass is 16.2. The lowest BCUT2D eigenvalue weighted by atomic mass is 10.1. The van der Waals surface area contributed by atoms with Crippen molar-refractivity contribution < 1.29 is 4.79 Å². The number of hydrogen-bond donors (Lipinski definition) is 4. The number of carbonyl (C=O) groups excluding carboxylic acids is 1. The van der Waals surface area contributed by atoms with Gasteiger partial charge in [-0.3, -0.25) is 15.7 Å². The summed E-state index contributed by atoms with van der Waals surface area (Å²) in [4.78, 5) is 13.0. The number of fused-ring (bicyclic) bond motifs is 1. The van der Waals surface area contributed by atoms with Crippen LogP contribution in [0.1, 0.15) is 5.56 Å². The summed E-state index contributed by atoms with van der Waals surface area (Å²) in [5, 5.41) is 22.5. The van der Waals surface area contributed by atoms with Gasteiger partial charge >= 0.3 is 6.03 Å². The van der Waals surface area contributed by atoms with Gasteiger partial charge in [-0.1, -0.05) is 6.07 Å². The van der Waals surface area contributed by atoms with Crippen LogP contribution in [0.3, 0.4) is 0 Å². The first-order chi connectivity index (χ1) is 9.54. The van der Waals surface area contributed by atoms with Gasteiger partial charge < -0.3 is 11.1 Å². The third-order valence-electron chi connectivity index (χ3n) is 2.88. The van der Waals surface area contributed by atoms with Crippen molar-refractivity contribution in [3.63, 3.8) is 0 Å². The molecule has 0 fully saturated rings. The molecule has 102 valence electrons. The number of nitrogens with two attached hydrogens (primary N) is 1. The molecule has 1 heterocycles. The second kappa shape index (κ2) is 5.27. The molecule has 5 N–H and O–H groups in total. The fourth-order valence-electron chi connectivity index (χ4n) is 1.83. The molecule has 1 aromatic carbocycles. The van der Waals surface area contributed by atoms with Crippen LogP contribution in [0.5, 0.6) is 0 Å². The van der Waals surface area contributed by atoms with Crippen LogP contribution in [0.2, 0.25) is 0 Å². The molecule has 1 aromatic rings. The van der Waals surface area contributed by atoms with Crippen molar-refractivity contribution in [2.75, 3.05) is 17.4 Å². The third-order valence-corrected chi connectivity index (χ3v) is 2.88. The Labute approximate surface area is 115 Å². The van der Waals surface area contributed by atoms with Crippen molar-refractivity contribution in [2.24, 2.45) is 10.8 Å². The van der Waals surface area contributed by atoms with Crippen molar-refractivity contribution in [3.05, 3.63) is 23.8 Å². The molecule has 2 amide bonds. The smallest absolute Gasteiger partial charge is 0.321 e. The standard InChI is InChI=1S/C12H13N7O/c1-19-10-4-2-3-8(7(10)6-16-12(19)20)17-18-9(5-13)11(14)15/h2-4,17H,6H2,1H3,(H3,14,15)(H,16,20)/b18-9+. The number of nitriles is 1. The number of carbonyl (C=O) groups is 1. The van der Waals surface area contributed by atoms with Crippen LogP contribution in [0, 0.1) is 16.7 Å².